The Labute approximate surface area is 98.7 Å². The lowest BCUT2D eigenvalue weighted by atomic mass is 10.1. The van der Waals surface area contributed by atoms with Crippen LogP contribution in [0.5, 0.6) is 11.5 Å². The third kappa shape index (κ3) is 1.92. The standard InChI is InChI=1S/C11H11ClN2O2/c1-2-14-9(5-13)7-3-8(12)11-10(4-7)15-6-16-11/h3-4,9,14H,2,6H2,1H3. The zero-order chi connectivity index (χ0) is 11.5. The number of rotatable bonds is 3. The van der Waals surface area contributed by atoms with Crippen molar-refractivity contribution < 1.29 is 9.47 Å². The molecule has 1 aromatic carbocycles. The molecule has 84 valence electrons. The summed E-state index contributed by atoms with van der Waals surface area (Å²) in [7, 11) is 0. The van der Waals surface area contributed by atoms with Crippen LogP contribution in [0.15, 0.2) is 12.1 Å². The number of ether oxygens (including phenoxy) is 2. The molecule has 0 fully saturated rings. The molecule has 0 amide bonds. The lowest BCUT2D eigenvalue weighted by molar-refractivity contribution is 0.174. The van der Waals surface area contributed by atoms with Crippen LogP contribution >= 0.6 is 11.6 Å². The Morgan fingerprint density at radius 3 is 3.06 bits per heavy atom. The molecule has 1 aliphatic heterocycles. The van der Waals surface area contributed by atoms with Gasteiger partial charge in [-0.15, -0.1) is 0 Å². The van der Waals surface area contributed by atoms with Crippen molar-refractivity contribution in [3.05, 3.63) is 22.7 Å². The molecule has 0 saturated heterocycles. The van der Waals surface area contributed by atoms with Crippen molar-refractivity contribution in [3.63, 3.8) is 0 Å². The average molecular weight is 239 g/mol. The van der Waals surface area contributed by atoms with E-state index < -0.39 is 0 Å². The molecule has 0 aromatic heterocycles. The Kier molecular flexibility index (Phi) is 3.18. The van der Waals surface area contributed by atoms with Crippen molar-refractivity contribution >= 4 is 11.6 Å². The summed E-state index contributed by atoms with van der Waals surface area (Å²) in [6.45, 7) is 2.83. The summed E-state index contributed by atoms with van der Waals surface area (Å²) in [6.07, 6.45) is 0. The number of halogens is 1. The zero-order valence-electron chi connectivity index (χ0n) is 8.79. The predicted octanol–water partition coefficient (Wildman–Crippen LogP) is 2.24. The van der Waals surface area contributed by atoms with E-state index in [2.05, 4.69) is 11.4 Å². The van der Waals surface area contributed by atoms with Gasteiger partial charge in [-0.05, 0) is 24.2 Å². The van der Waals surface area contributed by atoms with Crippen molar-refractivity contribution in [2.24, 2.45) is 0 Å². The molecule has 5 heteroatoms. The van der Waals surface area contributed by atoms with Crippen molar-refractivity contribution in [2.75, 3.05) is 13.3 Å². The predicted molar refractivity (Wildman–Crippen MR) is 59.6 cm³/mol. The molecule has 0 saturated carbocycles. The van der Waals surface area contributed by atoms with Gasteiger partial charge in [0, 0.05) is 0 Å². The average Bonchev–Trinajstić information content (AvgIpc) is 2.74. The third-order valence-electron chi connectivity index (χ3n) is 2.32. The van der Waals surface area contributed by atoms with E-state index in [1.165, 1.54) is 0 Å². The second-order valence-corrected chi connectivity index (χ2v) is 3.76. The molecule has 1 aliphatic rings. The maximum atomic E-state index is 9.02. The monoisotopic (exact) mass is 238 g/mol. The first-order valence-corrected chi connectivity index (χ1v) is 5.36. The van der Waals surface area contributed by atoms with Gasteiger partial charge in [0.1, 0.15) is 6.04 Å². The highest BCUT2D eigenvalue weighted by Gasteiger charge is 2.21. The lowest BCUT2D eigenvalue weighted by Gasteiger charge is -2.11. The summed E-state index contributed by atoms with van der Waals surface area (Å²) in [5, 5.41) is 12.5. The number of hydrogen-bond acceptors (Lipinski definition) is 4. The molecule has 0 radical (unpaired) electrons. The molecule has 4 nitrogen and oxygen atoms in total. The van der Waals surface area contributed by atoms with E-state index in [0.717, 1.165) is 5.56 Å². The van der Waals surface area contributed by atoms with Crippen molar-refractivity contribution in [3.8, 4) is 17.6 Å². The van der Waals surface area contributed by atoms with Crippen LogP contribution in [-0.2, 0) is 0 Å². The number of fused-ring (bicyclic) bond motifs is 1. The minimum Gasteiger partial charge on any atom is -0.454 e. The fourth-order valence-corrected chi connectivity index (χ4v) is 1.87. The van der Waals surface area contributed by atoms with E-state index in [4.69, 9.17) is 26.3 Å². The highest BCUT2D eigenvalue weighted by atomic mass is 35.5. The summed E-state index contributed by atoms with van der Waals surface area (Å²) in [6, 6.07) is 5.30. The van der Waals surface area contributed by atoms with Crippen LogP contribution in [0, 0.1) is 11.3 Å². The molecule has 0 spiro atoms. The molecule has 0 aliphatic carbocycles. The SMILES string of the molecule is CCNC(C#N)c1cc(Cl)c2c(c1)OCO2. The van der Waals surface area contributed by atoms with E-state index in [-0.39, 0.29) is 12.8 Å². The van der Waals surface area contributed by atoms with Crippen molar-refractivity contribution in [1.29, 1.82) is 5.26 Å². The van der Waals surface area contributed by atoms with Crippen LogP contribution in [0.4, 0.5) is 0 Å². The molecular formula is C11H11ClN2O2. The first-order chi connectivity index (χ1) is 7.76. The van der Waals surface area contributed by atoms with Crippen LogP contribution in [0.3, 0.4) is 0 Å². The van der Waals surface area contributed by atoms with E-state index in [0.29, 0.717) is 23.1 Å². The molecule has 2 rings (SSSR count). The summed E-state index contributed by atoms with van der Waals surface area (Å²) >= 11 is 6.03. The second-order valence-electron chi connectivity index (χ2n) is 3.36. The van der Waals surface area contributed by atoms with Crippen LogP contribution in [0.1, 0.15) is 18.5 Å². The van der Waals surface area contributed by atoms with Crippen molar-refractivity contribution in [1.82, 2.24) is 5.32 Å². The molecule has 1 atom stereocenters. The zero-order valence-corrected chi connectivity index (χ0v) is 9.54. The molecule has 1 aromatic rings. The second kappa shape index (κ2) is 4.60. The number of nitriles is 1. The highest BCUT2D eigenvalue weighted by molar-refractivity contribution is 6.32. The molecular weight excluding hydrogens is 228 g/mol. The number of nitrogens with zero attached hydrogens (tertiary/aromatic N) is 1. The van der Waals surface area contributed by atoms with Gasteiger partial charge in [-0.25, -0.2) is 0 Å². The Bertz CT molecular complexity index is 442. The first-order valence-electron chi connectivity index (χ1n) is 4.98. The van der Waals surface area contributed by atoms with Gasteiger partial charge in [0.2, 0.25) is 6.79 Å². The Hall–Kier alpha value is -1.44. The van der Waals surface area contributed by atoms with Crippen LogP contribution < -0.4 is 14.8 Å². The smallest absolute Gasteiger partial charge is 0.231 e. The van der Waals surface area contributed by atoms with Gasteiger partial charge in [-0.3, -0.25) is 5.32 Å². The first kappa shape index (κ1) is 11.1. The maximum Gasteiger partial charge on any atom is 0.231 e. The Morgan fingerprint density at radius 1 is 1.56 bits per heavy atom. The summed E-state index contributed by atoms with van der Waals surface area (Å²) < 4.78 is 10.4. The van der Waals surface area contributed by atoms with Crippen LogP contribution in [0.2, 0.25) is 5.02 Å². The third-order valence-corrected chi connectivity index (χ3v) is 2.60. The molecule has 16 heavy (non-hydrogen) atoms. The van der Waals surface area contributed by atoms with Gasteiger partial charge in [0.15, 0.2) is 11.5 Å². The minimum absolute atomic E-state index is 0.178. The minimum atomic E-state index is -0.378. The Morgan fingerprint density at radius 2 is 2.38 bits per heavy atom. The largest absolute Gasteiger partial charge is 0.454 e. The van der Waals surface area contributed by atoms with E-state index in [1.807, 2.05) is 6.92 Å². The number of nitrogens with one attached hydrogen (secondary N) is 1. The normalized spacial score (nSPS) is 14.6. The van der Waals surface area contributed by atoms with E-state index in [1.54, 1.807) is 12.1 Å². The number of hydrogen-bond donors (Lipinski definition) is 1. The molecule has 1 N–H and O–H groups in total. The van der Waals surface area contributed by atoms with Gasteiger partial charge < -0.3 is 9.47 Å². The number of benzene rings is 1. The van der Waals surface area contributed by atoms with Gasteiger partial charge in [0.25, 0.3) is 0 Å². The van der Waals surface area contributed by atoms with E-state index in [9.17, 15) is 0 Å². The summed E-state index contributed by atoms with van der Waals surface area (Å²) in [4.78, 5) is 0. The highest BCUT2D eigenvalue weighted by Crippen LogP contribution is 2.40. The fraction of sp³-hybridized carbons (Fsp3) is 0.364. The summed E-state index contributed by atoms with van der Waals surface area (Å²) in [5.74, 6) is 1.15. The van der Waals surface area contributed by atoms with Gasteiger partial charge in [-0.2, -0.15) is 5.26 Å². The maximum absolute atomic E-state index is 9.02. The van der Waals surface area contributed by atoms with Crippen LogP contribution in [-0.4, -0.2) is 13.3 Å². The molecule has 1 heterocycles. The lowest BCUT2D eigenvalue weighted by Crippen LogP contribution is -2.19. The van der Waals surface area contributed by atoms with Gasteiger partial charge in [0.05, 0.1) is 11.1 Å². The topological polar surface area (TPSA) is 54.3 Å². The summed E-state index contributed by atoms with van der Waals surface area (Å²) in [5.41, 5.74) is 0.790. The fourth-order valence-electron chi connectivity index (χ4n) is 1.60. The van der Waals surface area contributed by atoms with Gasteiger partial charge >= 0.3 is 0 Å². The Balaban J connectivity index is 2.36. The quantitative estimate of drug-likeness (QED) is 0.878. The van der Waals surface area contributed by atoms with Crippen LogP contribution in [0.25, 0.3) is 0 Å². The molecule has 0 bridgehead atoms. The molecule has 1 unspecified atom stereocenters. The van der Waals surface area contributed by atoms with Crippen molar-refractivity contribution in [2.45, 2.75) is 13.0 Å². The van der Waals surface area contributed by atoms with E-state index >= 15 is 0 Å². The van der Waals surface area contributed by atoms with Gasteiger partial charge in [-0.1, -0.05) is 18.5 Å².